The van der Waals surface area contributed by atoms with Gasteiger partial charge in [0, 0.05) is 37.2 Å². The molecule has 0 bridgehead atoms. The Hall–Kier alpha value is -2.58. The van der Waals surface area contributed by atoms with Crippen LogP contribution in [0.2, 0.25) is 0 Å². The molecule has 8 heteroatoms. The lowest BCUT2D eigenvalue weighted by Gasteiger charge is -2.26. The molecule has 34 heavy (non-hydrogen) atoms. The number of rotatable bonds is 11. The third kappa shape index (κ3) is 6.51. The molecule has 0 spiro atoms. The molecule has 188 valence electrons. The van der Waals surface area contributed by atoms with Gasteiger partial charge >= 0.3 is 11.9 Å². The zero-order valence-corrected chi connectivity index (χ0v) is 21.0. The minimum Gasteiger partial charge on any atom is -0.496 e. The second kappa shape index (κ2) is 12.2. The van der Waals surface area contributed by atoms with Gasteiger partial charge in [0.15, 0.2) is 0 Å². The third-order valence-corrected chi connectivity index (χ3v) is 6.13. The van der Waals surface area contributed by atoms with E-state index in [0.717, 1.165) is 55.1 Å². The molecule has 0 aliphatic carbocycles. The van der Waals surface area contributed by atoms with Gasteiger partial charge < -0.3 is 23.7 Å². The minimum absolute atomic E-state index is 0.110. The SMILES string of the molecule is COc1c(C)c2c(c(OC(C)C)c1C/C=C(\C)CCC(=O)OCCN1CCOCC1)C(=O)OC2. The van der Waals surface area contributed by atoms with Gasteiger partial charge in [0.25, 0.3) is 0 Å². The van der Waals surface area contributed by atoms with E-state index in [0.29, 0.717) is 42.9 Å². The van der Waals surface area contributed by atoms with Crippen molar-refractivity contribution in [2.45, 2.75) is 59.7 Å². The molecule has 1 aromatic carbocycles. The van der Waals surface area contributed by atoms with Crippen LogP contribution in [-0.4, -0.2) is 69.5 Å². The van der Waals surface area contributed by atoms with Gasteiger partial charge in [0.2, 0.25) is 0 Å². The fourth-order valence-electron chi connectivity index (χ4n) is 4.24. The number of cyclic esters (lactones) is 1. The first-order valence-electron chi connectivity index (χ1n) is 12.0. The lowest BCUT2D eigenvalue weighted by Crippen LogP contribution is -2.38. The predicted octanol–water partition coefficient (Wildman–Crippen LogP) is 3.61. The summed E-state index contributed by atoms with van der Waals surface area (Å²) in [4.78, 5) is 26.9. The van der Waals surface area contributed by atoms with Gasteiger partial charge in [-0.15, -0.1) is 0 Å². The summed E-state index contributed by atoms with van der Waals surface area (Å²) in [5.41, 5.74) is 4.09. The lowest BCUT2D eigenvalue weighted by atomic mass is 9.94. The van der Waals surface area contributed by atoms with Gasteiger partial charge in [-0.05, 0) is 46.1 Å². The van der Waals surface area contributed by atoms with Crippen LogP contribution in [0, 0.1) is 6.92 Å². The molecule has 3 rings (SSSR count). The Morgan fingerprint density at radius 3 is 2.59 bits per heavy atom. The number of hydrogen-bond donors (Lipinski definition) is 0. The molecular weight excluding hydrogens is 438 g/mol. The Labute approximate surface area is 202 Å². The first-order chi connectivity index (χ1) is 16.3. The van der Waals surface area contributed by atoms with Crippen LogP contribution in [0.25, 0.3) is 0 Å². The van der Waals surface area contributed by atoms with Gasteiger partial charge in [-0.2, -0.15) is 0 Å². The number of fused-ring (bicyclic) bond motifs is 1. The average molecular weight is 476 g/mol. The van der Waals surface area contributed by atoms with Crippen molar-refractivity contribution in [2.75, 3.05) is 46.6 Å². The molecule has 2 aliphatic rings. The molecule has 8 nitrogen and oxygen atoms in total. The van der Waals surface area contributed by atoms with Crippen molar-refractivity contribution >= 4 is 11.9 Å². The maximum atomic E-state index is 12.5. The van der Waals surface area contributed by atoms with E-state index in [4.69, 9.17) is 23.7 Å². The fourth-order valence-corrected chi connectivity index (χ4v) is 4.24. The van der Waals surface area contributed by atoms with E-state index in [1.165, 1.54) is 0 Å². The number of hydrogen-bond acceptors (Lipinski definition) is 8. The Balaban J connectivity index is 1.63. The van der Waals surface area contributed by atoms with Crippen LogP contribution in [0.15, 0.2) is 11.6 Å². The van der Waals surface area contributed by atoms with Crippen molar-refractivity contribution in [3.8, 4) is 11.5 Å². The van der Waals surface area contributed by atoms with Gasteiger partial charge in [0.05, 0.1) is 26.4 Å². The number of ether oxygens (including phenoxy) is 5. The number of morpholine rings is 1. The molecule has 0 saturated carbocycles. The van der Waals surface area contributed by atoms with E-state index in [1.807, 2.05) is 27.7 Å². The highest BCUT2D eigenvalue weighted by molar-refractivity contribution is 5.98. The Morgan fingerprint density at radius 1 is 1.18 bits per heavy atom. The summed E-state index contributed by atoms with van der Waals surface area (Å²) >= 11 is 0. The monoisotopic (exact) mass is 475 g/mol. The smallest absolute Gasteiger partial charge is 0.342 e. The van der Waals surface area contributed by atoms with Gasteiger partial charge in [0.1, 0.15) is 30.3 Å². The van der Waals surface area contributed by atoms with Gasteiger partial charge in [-0.25, -0.2) is 4.79 Å². The van der Waals surface area contributed by atoms with Crippen LogP contribution in [0.3, 0.4) is 0 Å². The summed E-state index contributed by atoms with van der Waals surface area (Å²) in [6.45, 7) is 12.4. The maximum absolute atomic E-state index is 12.5. The van der Waals surface area contributed by atoms with Crippen LogP contribution < -0.4 is 9.47 Å². The van der Waals surface area contributed by atoms with E-state index >= 15 is 0 Å². The van der Waals surface area contributed by atoms with Crippen LogP contribution in [0.5, 0.6) is 11.5 Å². The first kappa shape index (κ1) is 26.0. The predicted molar refractivity (Wildman–Crippen MR) is 128 cm³/mol. The molecule has 0 amide bonds. The molecule has 0 radical (unpaired) electrons. The van der Waals surface area contributed by atoms with Crippen molar-refractivity contribution in [1.82, 2.24) is 4.90 Å². The van der Waals surface area contributed by atoms with Crippen molar-refractivity contribution in [3.63, 3.8) is 0 Å². The Morgan fingerprint density at radius 2 is 1.91 bits per heavy atom. The highest BCUT2D eigenvalue weighted by Crippen LogP contribution is 2.43. The van der Waals surface area contributed by atoms with Crippen LogP contribution in [0.4, 0.5) is 0 Å². The summed E-state index contributed by atoms with van der Waals surface area (Å²) in [6.07, 6.45) is 3.39. The minimum atomic E-state index is -0.363. The van der Waals surface area contributed by atoms with Crippen LogP contribution in [0.1, 0.15) is 60.7 Å². The standard InChI is InChI=1S/C26H37NO7/c1-17(2)34-25-20(24(30-5)19(4)21-16-33-26(29)23(21)25)8-6-18(3)7-9-22(28)32-15-12-27-10-13-31-14-11-27/h6,17H,7-16H2,1-5H3/b18-6+. The fraction of sp³-hybridized carbons (Fsp3) is 0.615. The average Bonchev–Trinajstić information content (AvgIpc) is 3.20. The topological polar surface area (TPSA) is 83.5 Å². The van der Waals surface area contributed by atoms with Gasteiger partial charge in [-0.3, -0.25) is 9.69 Å². The van der Waals surface area contributed by atoms with Gasteiger partial charge in [-0.1, -0.05) is 11.6 Å². The van der Waals surface area contributed by atoms with Crippen molar-refractivity contribution in [1.29, 1.82) is 0 Å². The highest BCUT2D eigenvalue weighted by Gasteiger charge is 2.33. The van der Waals surface area contributed by atoms with Crippen molar-refractivity contribution in [3.05, 3.63) is 33.9 Å². The highest BCUT2D eigenvalue weighted by atomic mass is 16.5. The maximum Gasteiger partial charge on any atom is 0.342 e. The quantitative estimate of drug-likeness (QED) is 0.355. The molecule has 1 saturated heterocycles. The molecule has 1 fully saturated rings. The van der Waals surface area contributed by atoms with E-state index in [9.17, 15) is 9.59 Å². The molecule has 0 atom stereocenters. The molecule has 0 N–H and O–H groups in total. The van der Waals surface area contributed by atoms with E-state index in [2.05, 4.69) is 11.0 Å². The lowest BCUT2D eigenvalue weighted by molar-refractivity contribution is -0.144. The normalized spacial score (nSPS) is 16.4. The van der Waals surface area contributed by atoms with Crippen LogP contribution in [-0.2, 0) is 32.0 Å². The zero-order chi connectivity index (χ0) is 24.7. The zero-order valence-electron chi connectivity index (χ0n) is 21.0. The molecule has 2 heterocycles. The number of carbonyl (C=O) groups is 2. The third-order valence-electron chi connectivity index (χ3n) is 6.13. The number of benzene rings is 1. The molecule has 2 aliphatic heterocycles. The number of methoxy groups -OCH3 is 1. The Kier molecular flexibility index (Phi) is 9.36. The first-order valence-corrected chi connectivity index (χ1v) is 12.0. The summed E-state index contributed by atoms with van der Waals surface area (Å²) in [5.74, 6) is 0.678. The summed E-state index contributed by atoms with van der Waals surface area (Å²) in [6, 6.07) is 0. The van der Waals surface area contributed by atoms with E-state index in [1.54, 1.807) is 7.11 Å². The second-order valence-electron chi connectivity index (χ2n) is 8.99. The summed E-state index contributed by atoms with van der Waals surface area (Å²) < 4.78 is 27.8. The number of esters is 2. The van der Waals surface area contributed by atoms with E-state index in [-0.39, 0.29) is 24.6 Å². The Bertz CT molecular complexity index is 916. The summed E-state index contributed by atoms with van der Waals surface area (Å²) in [5, 5.41) is 0. The van der Waals surface area contributed by atoms with Crippen LogP contribution >= 0.6 is 0 Å². The number of allylic oxidation sites excluding steroid dienone is 2. The molecule has 1 aromatic rings. The van der Waals surface area contributed by atoms with Crippen molar-refractivity contribution in [2.24, 2.45) is 0 Å². The molecular formula is C26H37NO7. The van der Waals surface area contributed by atoms with E-state index < -0.39 is 0 Å². The second-order valence-corrected chi connectivity index (χ2v) is 8.99. The van der Waals surface area contributed by atoms with Crippen molar-refractivity contribution < 1.29 is 33.3 Å². The molecule has 0 aromatic heterocycles. The summed E-state index contributed by atoms with van der Waals surface area (Å²) in [7, 11) is 1.62. The number of nitrogens with zero attached hydrogens (tertiary/aromatic N) is 1. The molecule has 0 unspecified atom stereocenters. The largest absolute Gasteiger partial charge is 0.496 e. The number of carbonyl (C=O) groups excluding carboxylic acids is 2.